The third-order valence-corrected chi connectivity index (χ3v) is 5.86. The van der Waals surface area contributed by atoms with Crippen LogP contribution in [-0.2, 0) is 0 Å². The number of guanidine groups is 1. The lowest BCUT2D eigenvalue weighted by Crippen LogP contribution is -2.47. The second kappa shape index (κ2) is 11.6. The molecule has 2 rings (SSSR count). The summed E-state index contributed by atoms with van der Waals surface area (Å²) in [4.78, 5) is 9.89. The Morgan fingerprint density at radius 3 is 2.32 bits per heavy atom. The van der Waals surface area contributed by atoms with E-state index in [4.69, 9.17) is 4.99 Å². The van der Waals surface area contributed by atoms with E-state index in [0.717, 1.165) is 25.6 Å². The molecule has 1 unspecified atom stereocenters. The van der Waals surface area contributed by atoms with E-state index >= 15 is 0 Å². The average molecular weight is 465 g/mol. The van der Waals surface area contributed by atoms with Gasteiger partial charge in [0.2, 0.25) is 0 Å². The molecule has 5 nitrogen and oxygen atoms in total. The Labute approximate surface area is 172 Å². The number of piperazine rings is 1. The third-order valence-electron chi connectivity index (χ3n) is 5.86. The van der Waals surface area contributed by atoms with E-state index in [0.29, 0.717) is 11.3 Å². The Bertz CT molecular complexity index is 384. The topological polar surface area (TPSA) is 42.9 Å². The maximum absolute atomic E-state index is 4.88. The zero-order valence-corrected chi connectivity index (χ0v) is 19.1. The molecule has 1 saturated carbocycles. The van der Waals surface area contributed by atoms with Gasteiger partial charge in [0.1, 0.15) is 0 Å². The molecule has 148 valence electrons. The highest BCUT2D eigenvalue weighted by molar-refractivity contribution is 14.0. The molecule has 1 heterocycles. The molecule has 2 N–H and O–H groups in total. The Hall–Kier alpha value is -0.0800. The maximum atomic E-state index is 4.88. The van der Waals surface area contributed by atoms with Crippen LogP contribution in [0.3, 0.4) is 0 Å². The van der Waals surface area contributed by atoms with Crippen molar-refractivity contribution in [3.63, 3.8) is 0 Å². The summed E-state index contributed by atoms with van der Waals surface area (Å²) in [6, 6.07) is 0. The minimum absolute atomic E-state index is 0. The molecule has 1 atom stereocenters. The molecule has 0 aromatic rings. The van der Waals surface area contributed by atoms with Crippen LogP contribution in [0, 0.1) is 11.3 Å². The first-order chi connectivity index (χ1) is 11.6. The van der Waals surface area contributed by atoms with Crippen LogP contribution in [0.1, 0.15) is 46.5 Å². The minimum Gasteiger partial charge on any atom is -0.357 e. The standard InChI is InChI=1S/C19H39N5.HI/c1-5-19(8-7-9-19)16-22-18(20-6-2)21-14-17(3)15-24-12-10-23(4)11-13-24;/h17H,5-16H2,1-4H3,(H2,20,21,22);1H. The summed E-state index contributed by atoms with van der Waals surface area (Å²) in [5.74, 6) is 1.64. The Morgan fingerprint density at radius 2 is 1.80 bits per heavy atom. The van der Waals surface area contributed by atoms with Crippen molar-refractivity contribution >= 4 is 29.9 Å². The molecule has 0 aromatic heterocycles. The first-order valence-electron chi connectivity index (χ1n) is 10.00. The van der Waals surface area contributed by atoms with Gasteiger partial charge in [0.15, 0.2) is 5.96 Å². The van der Waals surface area contributed by atoms with E-state index in [-0.39, 0.29) is 24.0 Å². The van der Waals surface area contributed by atoms with Gasteiger partial charge in [-0.2, -0.15) is 0 Å². The quantitative estimate of drug-likeness (QED) is 0.329. The fourth-order valence-electron chi connectivity index (χ4n) is 3.70. The summed E-state index contributed by atoms with van der Waals surface area (Å²) >= 11 is 0. The molecule has 2 fully saturated rings. The van der Waals surface area contributed by atoms with Crippen molar-refractivity contribution < 1.29 is 0 Å². The predicted molar refractivity (Wildman–Crippen MR) is 119 cm³/mol. The maximum Gasteiger partial charge on any atom is 0.191 e. The molecule has 25 heavy (non-hydrogen) atoms. The van der Waals surface area contributed by atoms with Crippen LogP contribution in [0.15, 0.2) is 4.99 Å². The molecule has 6 heteroatoms. The van der Waals surface area contributed by atoms with Crippen LogP contribution < -0.4 is 10.6 Å². The summed E-state index contributed by atoms with van der Waals surface area (Å²) < 4.78 is 0. The van der Waals surface area contributed by atoms with E-state index in [1.807, 2.05) is 0 Å². The summed E-state index contributed by atoms with van der Waals surface area (Å²) in [7, 11) is 2.21. The molecule has 0 amide bonds. The zero-order chi connectivity index (χ0) is 17.4. The van der Waals surface area contributed by atoms with Crippen molar-refractivity contribution in [3.8, 4) is 0 Å². The monoisotopic (exact) mass is 465 g/mol. The zero-order valence-electron chi connectivity index (χ0n) is 16.8. The minimum atomic E-state index is 0. The number of hydrogen-bond donors (Lipinski definition) is 2. The number of hydrogen-bond acceptors (Lipinski definition) is 3. The lowest BCUT2D eigenvalue weighted by Gasteiger charge is -2.40. The highest BCUT2D eigenvalue weighted by atomic mass is 127. The van der Waals surface area contributed by atoms with Gasteiger partial charge in [-0.25, -0.2) is 0 Å². The lowest BCUT2D eigenvalue weighted by atomic mass is 9.67. The molecular weight excluding hydrogens is 425 g/mol. The first kappa shape index (κ1) is 23.0. The van der Waals surface area contributed by atoms with Gasteiger partial charge in [0.05, 0.1) is 0 Å². The normalized spacial score (nSPS) is 22.6. The Kier molecular flexibility index (Phi) is 10.6. The Morgan fingerprint density at radius 1 is 1.12 bits per heavy atom. The van der Waals surface area contributed by atoms with Gasteiger partial charge >= 0.3 is 0 Å². The van der Waals surface area contributed by atoms with Crippen LogP contribution in [0.5, 0.6) is 0 Å². The molecule has 1 aliphatic carbocycles. The summed E-state index contributed by atoms with van der Waals surface area (Å²) in [5.41, 5.74) is 0.494. The van der Waals surface area contributed by atoms with Crippen molar-refractivity contribution in [2.24, 2.45) is 16.3 Å². The second-order valence-corrected chi connectivity index (χ2v) is 7.99. The van der Waals surface area contributed by atoms with E-state index in [2.05, 4.69) is 48.3 Å². The van der Waals surface area contributed by atoms with Gasteiger partial charge in [-0.15, -0.1) is 24.0 Å². The molecular formula is C19H40IN5. The van der Waals surface area contributed by atoms with Gasteiger partial charge in [-0.1, -0.05) is 20.3 Å². The van der Waals surface area contributed by atoms with E-state index in [1.54, 1.807) is 0 Å². The van der Waals surface area contributed by atoms with Crippen LogP contribution in [-0.4, -0.2) is 75.2 Å². The highest BCUT2D eigenvalue weighted by Gasteiger charge is 2.34. The second-order valence-electron chi connectivity index (χ2n) is 7.99. The first-order valence-corrected chi connectivity index (χ1v) is 10.00. The van der Waals surface area contributed by atoms with Gasteiger partial charge in [0, 0.05) is 52.4 Å². The van der Waals surface area contributed by atoms with Gasteiger partial charge in [0.25, 0.3) is 0 Å². The SMILES string of the molecule is CCNC(=NCC1(CC)CCC1)NCC(C)CN1CCN(C)CC1.I. The largest absolute Gasteiger partial charge is 0.357 e. The average Bonchev–Trinajstić information content (AvgIpc) is 2.54. The fourth-order valence-corrected chi connectivity index (χ4v) is 3.70. The van der Waals surface area contributed by atoms with E-state index < -0.39 is 0 Å². The molecule has 0 spiro atoms. The van der Waals surface area contributed by atoms with Crippen molar-refractivity contribution in [2.75, 3.05) is 59.4 Å². The van der Waals surface area contributed by atoms with Crippen LogP contribution in [0.25, 0.3) is 0 Å². The number of nitrogens with zero attached hydrogens (tertiary/aromatic N) is 3. The predicted octanol–water partition coefficient (Wildman–Crippen LogP) is 2.62. The van der Waals surface area contributed by atoms with Gasteiger partial charge < -0.3 is 20.4 Å². The molecule has 2 aliphatic rings. The number of aliphatic imine (C=N–C) groups is 1. The van der Waals surface area contributed by atoms with Crippen LogP contribution in [0.2, 0.25) is 0 Å². The van der Waals surface area contributed by atoms with Crippen molar-refractivity contribution in [3.05, 3.63) is 0 Å². The third kappa shape index (κ3) is 7.59. The van der Waals surface area contributed by atoms with Crippen LogP contribution >= 0.6 is 24.0 Å². The fraction of sp³-hybridized carbons (Fsp3) is 0.947. The number of likely N-dealkylation sites (N-methyl/N-ethyl adjacent to an activating group) is 1. The molecule has 0 radical (unpaired) electrons. The smallest absolute Gasteiger partial charge is 0.191 e. The summed E-state index contributed by atoms with van der Waals surface area (Å²) in [6.45, 7) is 15.7. The highest BCUT2D eigenvalue weighted by Crippen LogP contribution is 2.43. The summed E-state index contributed by atoms with van der Waals surface area (Å²) in [5, 5.41) is 6.98. The van der Waals surface area contributed by atoms with Gasteiger partial charge in [-0.3, -0.25) is 4.99 Å². The number of nitrogens with one attached hydrogen (secondary N) is 2. The molecule has 1 aliphatic heterocycles. The summed E-state index contributed by atoms with van der Waals surface area (Å²) in [6.07, 6.45) is 5.35. The number of rotatable bonds is 8. The van der Waals surface area contributed by atoms with E-state index in [9.17, 15) is 0 Å². The van der Waals surface area contributed by atoms with Crippen LogP contribution in [0.4, 0.5) is 0 Å². The van der Waals surface area contributed by atoms with Crippen molar-refractivity contribution in [2.45, 2.75) is 46.5 Å². The molecule has 0 bridgehead atoms. The molecule has 1 saturated heterocycles. The molecule has 0 aromatic carbocycles. The van der Waals surface area contributed by atoms with E-state index in [1.165, 1.54) is 58.4 Å². The number of halogens is 1. The van der Waals surface area contributed by atoms with Crippen molar-refractivity contribution in [1.82, 2.24) is 20.4 Å². The Balaban J connectivity index is 0.00000312. The van der Waals surface area contributed by atoms with Gasteiger partial charge in [-0.05, 0) is 44.6 Å². The van der Waals surface area contributed by atoms with Crippen molar-refractivity contribution in [1.29, 1.82) is 0 Å². The lowest BCUT2D eigenvalue weighted by molar-refractivity contribution is 0.138.